The van der Waals surface area contributed by atoms with Crippen LogP contribution < -0.4 is 9.47 Å². The van der Waals surface area contributed by atoms with E-state index >= 15 is 0 Å². The lowest BCUT2D eigenvalue weighted by atomic mass is 10.1. The summed E-state index contributed by atoms with van der Waals surface area (Å²) in [5.74, 6) is 1.51. The molecular formula is C14H12BrClO2S. The van der Waals surface area contributed by atoms with Crippen LogP contribution in [0.4, 0.5) is 0 Å². The summed E-state index contributed by atoms with van der Waals surface area (Å²) in [4.78, 5) is 1.30. The van der Waals surface area contributed by atoms with E-state index in [1.807, 2.05) is 18.2 Å². The number of hydrogen-bond acceptors (Lipinski definition) is 3. The van der Waals surface area contributed by atoms with Crippen molar-refractivity contribution in [3.8, 4) is 11.5 Å². The Morgan fingerprint density at radius 3 is 2.63 bits per heavy atom. The first kappa shape index (κ1) is 13.3. The van der Waals surface area contributed by atoms with Crippen LogP contribution in [0.15, 0.2) is 29.6 Å². The lowest BCUT2D eigenvalue weighted by molar-refractivity contribution is 0.297. The predicted molar refractivity (Wildman–Crippen MR) is 82.1 cm³/mol. The first-order valence-electron chi connectivity index (χ1n) is 6.02. The summed E-state index contributed by atoms with van der Waals surface area (Å²) in [6.45, 7) is 1.35. The second kappa shape index (κ2) is 5.73. The first-order valence-corrected chi connectivity index (χ1v) is 8.19. The molecule has 0 fully saturated rings. The minimum Gasteiger partial charge on any atom is -0.490 e. The first-order chi connectivity index (χ1) is 9.25. The molecule has 1 aliphatic rings. The fourth-order valence-electron chi connectivity index (χ4n) is 1.98. The number of fused-ring (bicyclic) bond motifs is 1. The molecule has 1 aliphatic heterocycles. The van der Waals surface area contributed by atoms with Crippen LogP contribution >= 0.6 is 38.9 Å². The maximum Gasteiger partial charge on any atom is 0.162 e. The predicted octanol–water partition coefficient (Wildman–Crippen LogP) is 5.05. The van der Waals surface area contributed by atoms with Crippen LogP contribution in [0.25, 0.3) is 0 Å². The summed E-state index contributed by atoms with van der Waals surface area (Å²) in [6.07, 6.45) is 0.893. The van der Waals surface area contributed by atoms with Crippen LogP contribution in [0.3, 0.4) is 0 Å². The molecule has 0 saturated heterocycles. The van der Waals surface area contributed by atoms with Crippen LogP contribution in [-0.2, 0) is 0 Å². The summed E-state index contributed by atoms with van der Waals surface area (Å²) in [7, 11) is 0. The minimum atomic E-state index is 0.0807. The molecule has 19 heavy (non-hydrogen) atoms. The monoisotopic (exact) mass is 358 g/mol. The third-order valence-corrected chi connectivity index (χ3v) is 5.49. The quantitative estimate of drug-likeness (QED) is 0.699. The summed E-state index contributed by atoms with van der Waals surface area (Å²) >= 11 is 11.8. The van der Waals surface area contributed by atoms with Crippen molar-refractivity contribution in [2.75, 3.05) is 13.2 Å². The maximum atomic E-state index is 6.37. The van der Waals surface area contributed by atoms with Crippen LogP contribution in [0.2, 0.25) is 5.02 Å². The van der Waals surface area contributed by atoms with Gasteiger partial charge in [-0.15, -0.1) is 11.3 Å². The molecule has 100 valence electrons. The van der Waals surface area contributed by atoms with E-state index in [2.05, 4.69) is 27.4 Å². The second-order valence-corrected chi connectivity index (χ2v) is 6.55. The van der Waals surface area contributed by atoms with Gasteiger partial charge in [0.05, 0.1) is 18.0 Å². The molecule has 0 N–H and O–H groups in total. The van der Waals surface area contributed by atoms with Crippen molar-refractivity contribution in [3.05, 3.63) is 45.1 Å². The van der Waals surface area contributed by atoms with Gasteiger partial charge >= 0.3 is 0 Å². The van der Waals surface area contributed by atoms with Gasteiger partial charge in [-0.3, -0.25) is 0 Å². The van der Waals surface area contributed by atoms with Crippen molar-refractivity contribution < 1.29 is 9.47 Å². The largest absolute Gasteiger partial charge is 0.490 e. The average Bonchev–Trinajstić information content (AvgIpc) is 2.84. The third kappa shape index (κ3) is 2.76. The van der Waals surface area contributed by atoms with Gasteiger partial charge in [-0.1, -0.05) is 33.6 Å². The van der Waals surface area contributed by atoms with Crippen LogP contribution in [0.5, 0.6) is 11.5 Å². The zero-order chi connectivity index (χ0) is 13.2. The van der Waals surface area contributed by atoms with Crippen molar-refractivity contribution in [1.82, 2.24) is 0 Å². The zero-order valence-electron chi connectivity index (χ0n) is 10.1. The molecule has 1 aromatic heterocycles. The highest BCUT2D eigenvalue weighted by Crippen LogP contribution is 2.43. The fourth-order valence-corrected chi connectivity index (χ4v) is 3.95. The van der Waals surface area contributed by atoms with Crippen LogP contribution in [0, 0.1) is 0 Å². The van der Waals surface area contributed by atoms with E-state index in [0.29, 0.717) is 18.2 Å². The number of hydrogen-bond donors (Lipinski definition) is 0. The number of thiophene rings is 1. The maximum absolute atomic E-state index is 6.37. The third-order valence-electron chi connectivity index (χ3n) is 2.93. The van der Waals surface area contributed by atoms with Crippen molar-refractivity contribution in [1.29, 1.82) is 0 Å². The number of halogens is 2. The van der Waals surface area contributed by atoms with Gasteiger partial charge in [0.2, 0.25) is 0 Å². The Kier molecular flexibility index (Phi) is 4.01. The van der Waals surface area contributed by atoms with E-state index in [0.717, 1.165) is 23.5 Å². The van der Waals surface area contributed by atoms with E-state index in [1.54, 1.807) is 11.3 Å². The molecule has 2 aromatic rings. The lowest BCUT2D eigenvalue weighted by Crippen LogP contribution is -1.97. The molecule has 0 radical (unpaired) electrons. The Hall–Kier alpha value is -0.710. The van der Waals surface area contributed by atoms with Crippen molar-refractivity contribution >= 4 is 38.9 Å². The summed E-state index contributed by atoms with van der Waals surface area (Å²) in [6, 6.07) is 7.94. The minimum absolute atomic E-state index is 0.0807. The number of alkyl halides is 1. The van der Waals surface area contributed by atoms with E-state index in [9.17, 15) is 0 Å². The molecule has 1 unspecified atom stereocenters. The topological polar surface area (TPSA) is 18.5 Å². The fraction of sp³-hybridized carbons (Fsp3) is 0.286. The molecule has 2 nitrogen and oxygen atoms in total. The van der Waals surface area contributed by atoms with Gasteiger partial charge < -0.3 is 9.47 Å². The van der Waals surface area contributed by atoms with Gasteiger partial charge in [-0.2, -0.15) is 0 Å². The highest BCUT2D eigenvalue weighted by atomic mass is 79.9. The highest BCUT2D eigenvalue weighted by Gasteiger charge is 2.20. The lowest BCUT2D eigenvalue weighted by Gasteiger charge is -2.14. The molecule has 2 heterocycles. The van der Waals surface area contributed by atoms with Crippen molar-refractivity contribution in [2.24, 2.45) is 0 Å². The van der Waals surface area contributed by atoms with E-state index in [4.69, 9.17) is 21.1 Å². The van der Waals surface area contributed by atoms with Gasteiger partial charge in [0.1, 0.15) is 0 Å². The Morgan fingerprint density at radius 1 is 1.21 bits per heavy atom. The van der Waals surface area contributed by atoms with E-state index in [-0.39, 0.29) is 4.83 Å². The van der Waals surface area contributed by atoms with E-state index < -0.39 is 0 Å². The average molecular weight is 360 g/mol. The Bertz CT molecular complexity index is 571. The molecule has 0 aliphatic carbocycles. The van der Waals surface area contributed by atoms with E-state index in [1.165, 1.54) is 4.88 Å². The number of benzene rings is 1. The van der Waals surface area contributed by atoms with Gasteiger partial charge in [-0.05, 0) is 23.1 Å². The summed E-state index contributed by atoms with van der Waals surface area (Å²) in [5.41, 5.74) is 1.01. The molecule has 1 aromatic carbocycles. The molecule has 0 spiro atoms. The normalized spacial score (nSPS) is 15.9. The SMILES string of the molecule is Clc1cc2c(cc1C(Br)c1cccs1)OCCCO2. The zero-order valence-corrected chi connectivity index (χ0v) is 13.2. The second-order valence-electron chi connectivity index (χ2n) is 4.25. The molecule has 3 rings (SSSR count). The molecular weight excluding hydrogens is 348 g/mol. The summed E-state index contributed by atoms with van der Waals surface area (Å²) in [5, 5.41) is 2.75. The van der Waals surface area contributed by atoms with Gasteiger partial charge in [-0.25, -0.2) is 0 Å². The molecule has 5 heteroatoms. The van der Waals surface area contributed by atoms with Gasteiger partial charge in [0.25, 0.3) is 0 Å². The molecule has 1 atom stereocenters. The van der Waals surface area contributed by atoms with Crippen molar-refractivity contribution in [2.45, 2.75) is 11.2 Å². The number of ether oxygens (including phenoxy) is 2. The summed E-state index contributed by atoms with van der Waals surface area (Å²) < 4.78 is 11.3. The van der Waals surface area contributed by atoms with Crippen LogP contribution in [-0.4, -0.2) is 13.2 Å². The van der Waals surface area contributed by atoms with Gasteiger partial charge in [0.15, 0.2) is 11.5 Å². The standard InChI is InChI=1S/C14H12BrClO2S/c15-14(13-3-1-6-19-13)9-7-11-12(8-10(9)16)18-5-2-4-17-11/h1,3,6-8,14H,2,4-5H2. The Balaban J connectivity index is 2.00. The number of rotatable bonds is 2. The Labute approximate surface area is 129 Å². The molecule has 0 saturated carbocycles. The van der Waals surface area contributed by atoms with Crippen LogP contribution in [0.1, 0.15) is 21.7 Å². The Morgan fingerprint density at radius 2 is 1.95 bits per heavy atom. The van der Waals surface area contributed by atoms with Crippen molar-refractivity contribution in [3.63, 3.8) is 0 Å². The molecule has 0 amide bonds. The smallest absolute Gasteiger partial charge is 0.162 e. The highest BCUT2D eigenvalue weighted by molar-refractivity contribution is 9.09. The molecule has 0 bridgehead atoms. The van der Waals surface area contributed by atoms with Gasteiger partial charge in [0, 0.05) is 22.4 Å².